The van der Waals surface area contributed by atoms with Crippen molar-refractivity contribution < 1.29 is 9.53 Å². The van der Waals surface area contributed by atoms with E-state index in [1.54, 1.807) is 24.9 Å². The monoisotopic (exact) mass is 301 g/mol. The lowest BCUT2D eigenvalue weighted by atomic mass is 10.1. The molecule has 2 aromatic rings. The SMILES string of the molecule is CCc1cccc(NC(=O)c2ccc(SC)cc2OC)c1. The molecule has 0 atom stereocenters. The van der Waals surface area contributed by atoms with E-state index in [4.69, 9.17) is 4.74 Å². The molecule has 0 aliphatic rings. The van der Waals surface area contributed by atoms with Crippen LogP contribution in [0.3, 0.4) is 0 Å². The van der Waals surface area contributed by atoms with E-state index < -0.39 is 0 Å². The van der Waals surface area contributed by atoms with Gasteiger partial charge in [-0.3, -0.25) is 4.79 Å². The third kappa shape index (κ3) is 3.79. The van der Waals surface area contributed by atoms with Gasteiger partial charge < -0.3 is 10.1 Å². The number of benzene rings is 2. The molecule has 0 saturated carbocycles. The Morgan fingerprint density at radius 2 is 2.05 bits per heavy atom. The molecular weight excluding hydrogens is 282 g/mol. The third-order valence-corrected chi connectivity index (χ3v) is 3.97. The first-order valence-corrected chi connectivity index (χ1v) is 8.02. The van der Waals surface area contributed by atoms with Crippen molar-refractivity contribution in [3.8, 4) is 5.75 Å². The maximum absolute atomic E-state index is 12.4. The third-order valence-electron chi connectivity index (χ3n) is 3.25. The summed E-state index contributed by atoms with van der Waals surface area (Å²) in [5, 5.41) is 2.92. The Bertz CT molecular complexity index is 640. The van der Waals surface area contributed by atoms with Crippen LogP contribution in [-0.2, 0) is 6.42 Å². The molecular formula is C17H19NO2S. The summed E-state index contributed by atoms with van der Waals surface area (Å²) in [4.78, 5) is 13.5. The predicted octanol–water partition coefficient (Wildman–Crippen LogP) is 4.23. The summed E-state index contributed by atoms with van der Waals surface area (Å²) < 4.78 is 5.32. The van der Waals surface area contributed by atoms with Gasteiger partial charge in [-0.2, -0.15) is 0 Å². The average molecular weight is 301 g/mol. The number of hydrogen-bond acceptors (Lipinski definition) is 3. The fourth-order valence-corrected chi connectivity index (χ4v) is 2.48. The molecule has 110 valence electrons. The van der Waals surface area contributed by atoms with Crippen LogP contribution in [0, 0.1) is 0 Å². The van der Waals surface area contributed by atoms with Crippen LogP contribution in [0.4, 0.5) is 5.69 Å². The first-order chi connectivity index (χ1) is 10.2. The Kier molecular flexibility index (Phi) is 5.28. The molecule has 3 nitrogen and oxygen atoms in total. The highest BCUT2D eigenvalue weighted by atomic mass is 32.2. The summed E-state index contributed by atoms with van der Waals surface area (Å²) in [5.41, 5.74) is 2.53. The number of thioether (sulfide) groups is 1. The largest absolute Gasteiger partial charge is 0.496 e. The summed E-state index contributed by atoms with van der Waals surface area (Å²) in [7, 11) is 1.58. The Labute approximate surface area is 129 Å². The number of ether oxygens (including phenoxy) is 1. The second-order valence-electron chi connectivity index (χ2n) is 4.57. The van der Waals surface area contributed by atoms with E-state index >= 15 is 0 Å². The van der Waals surface area contributed by atoms with Crippen LogP contribution in [0.15, 0.2) is 47.4 Å². The van der Waals surface area contributed by atoms with Gasteiger partial charge in [-0.25, -0.2) is 0 Å². The molecule has 21 heavy (non-hydrogen) atoms. The molecule has 1 N–H and O–H groups in total. The minimum atomic E-state index is -0.159. The molecule has 0 saturated heterocycles. The molecule has 0 heterocycles. The van der Waals surface area contributed by atoms with Gasteiger partial charge in [-0.1, -0.05) is 19.1 Å². The first-order valence-electron chi connectivity index (χ1n) is 6.80. The number of carbonyl (C=O) groups excluding carboxylic acids is 1. The van der Waals surface area contributed by atoms with E-state index in [-0.39, 0.29) is 5.91 Å². The Balaban J connectivity index is 2.23. The van der Waals surface area contributed by atoms with Gasteiger partial charge in [0, 0.05) is 10.6 Å². The van der Waals surface area contributed by atoms with Crippen LogP contribution in [0.1, 0.15) is 22.8 Å². The second-order valence-corrected chi connectivity index (χ2v) is 5.45. The van der Waals surface area contributed by atoms with Crippen molar-refractivity contribution in [2.75, 3.05) is 18.7 Å². The van der Waals surface area contributed by atoms with Crippen molar-refractivity contribution in [1.29, 1.82) is 0 Å². The van der Waals surface area contributed by atoms with Crippen molar-refractivity contribution in [3.63, 3.8) is 0 Å². The zero-order chi connectivity index (χ0) is 15.2. The lowest BCUT2D eigenvalue weighted by Crippen LogP contribution is -2.13. The minimum Gasteiger partial charge on any atom is -0.496 e. The van der Waals surface area contributed by atoms with Crippen LogP contribution in [0.2, 0.25) is 0 Å². The first kappa shape index (κ1) is 15.4. The fourth-order valence-electron chi connectivity index (χ4n) is 2.05. The molecule has 2 rings (SSSR count). The summed E-state index contributed by atoms with van der Waals surface area (Å²) in [6, 6.07) is 13.5. The number of amides is 1. The number of methoxy groups -OCH3 is 1. The second kappa shape index (κ2) is 7.18. The number of anilines is 1. The van der Waals surface area contributed by atoms with Gasteiger partial charge in [0.2, 0.25) is 0 Å². The topological polar surface area (TPSA) is 38.3 Å². The van der Waals surface area contributed by atoms with Crippen LogP contribution >= 0.6 is 11.8 Å². The summed E-state index contributed by atoms with van der Waals surface area (Å²) in [6.45, 7) is 2.09. The molecule has 2 aromatic carbocycles. The maximum Gasteiger partial charge on any atom is 0.259 e. The summed E-state index contributed by atoms with van der Waals surface area (Å²) >= 11 is 1.62. The molecule has 4 heteroatoms. The number of aryl methyl sites for hydroxylation is 1. The van der Waals surface area contributed by atoms with Gasteiger partial charge in [0.05, 0.1) is 12.7 Å². The van der Waals surface area contributed by atoms with Crippen molar-refractivity contribution >= 4 is 23.4 Å². The highest BCUT2D eigenvalue weighted by Gasteiger charge is 2.13. The normalized spacial score (nSPS) is 10.2. The Morgan fingerprint density at radius 3 is 2.71 bits per heavy atom. The van der Waals surface area contributed by atoms with E-state index in [0.717, 1.165) is 17.0 Å². The molecule has 1 amide bonds. The van der Waals surface area contributed by atoms with Crippen molar-refractivity contribution in [3.05, 3.63) is 53.6 Å². The molecule has 0 aliphatic heterocycles. The van der Waals surface area contributed by atoms with Gasteiger partial charge in [0.15, 0.2) is 0 Å². The van der Waals surface area contributed by atoms with E-state index in [2.05, 4.69) is 12.2 Å². The zero-order valence-corrected chi connectivity index (χ0v) is 13.3. The lowest BCUT2D eigenvalue weighted by Gasteiger charge is -2.11. The number of carbonyl (C=O) groups is 1. The van der Waals surface area contributed by atoms with E-state index in [0.29, 0.717) is 11.3 Å². The van der Waals surface area contributed by atoms with Gasteiger partial charge in [0.25, 0.3) is 5.91 Å². The van der Waals surface area contributed by atoms with Crippen LogP contribution in [0.25, 0.3) is 0 Å². The van der Waals surface area contributed by atoms with Crippen LogP contribution < -0.4 is 10.1 Å². The summed E-state index contributed by atoms with van der Waals surface area (Å²) in [5.74, 6) is 0.429. The van der Waals surface area contributed by atoms with Crippen molar-refractivity contribution in [2.45, 2.75) is 18.2 Å². The average Bonchev–Trinajstić information content (AvgIpc) is 2.54. The zero-order valence-electron chi connectivity index (χ0n) is 12.5. The Hall–Kier alpha value is -1.94. The van der Waals surface area contributed by atoms with Gasteiger partial charge in [0.1, 0.15) is 5.75 Å². The van der Waals surface area contributed by atoms with E-state index in [9.17, 15) is 4.79 Å². The standard InChI is InChI=1S/C17H19NO2S/c1-4-12-6-5-7-13(10-12)18-17(19)15-9-8-14(21-3)11-16(15)20-2/h5-11H,4H2,1-3H3,(H,18,19). The Morgan fingerprint density at radius 1 is 1.24 bits per heavy atom. The molecule has 0 unspecified atom stereocenters. The molecule has 0 aliphatic carbocycles. The molecule has 0 bridgehead atoms. The van der Waals surface area contributed by atoms with E-state index in [1.807, 2.05) is 42.7 Å². The maximum atomic E-state index is 12.4. The van der Waals surface area contributed by atoms with Crippen LogP contribution in [0.5, 0.6) is 5.75 Å². The van der Waals surface area contributed by atoms with Crippen molar-refractivity contribution in [2.24, 2.45) is 0 Å². The fraction of sp³-hybridized carbons (Fsp3) is 0.235. The number of hydrogen-bond donors (Lipinski definition) is 1. The minimum absolute atomic E-state index is 0.159. The van der Waals surface area contributed by atoms with E-state index in [1.165, 1.54) is 5.56 Å². The molecule has 0 fully saturated rings. The molecule has 0 radical (unpaired) electrons. The highest BCUT2D eigenvalue weighted by Crippen LogP contribution is 2.26. The molecule has 0 spiro atoms. The number of rotatable bonds is 5. The van der Waals surface area contributed by atoms with Gasteiger partial charge in [-0.15, -0.1) is 11.8 Å². The smallest absolute Gasteiger partial charge is 0.259 e. The van der Waals surface area contributed by atoms with Gasteiger partial charge in [-0.05, 0) is 48.6 Å². The highest BCUT2D eigenvalue weighted by molar-refractivity contribution is 7.98. The van der Waals surface area contributed by atoms with Crippen LogP contribution in [-0.4, -0.2) is 19.3 Å². The summed E-state index contributed by atoms with van der Waals surface area (Å²) in [6.07, 6.45) is 2.93. The molecule has 0 aromatic heterocycles. The lowest BCUT2D eigenvalue weighted by molar-refractivity contribution is 0.102. The van der Waals surface area contributed by atoms with Crippen molar-refractivity contribution in [1.82, 2.24) is 0 Å². The van der Waals surface area contributed by atoms with Gasteiger partial charge >= 0.3 is 0 Å². The predicted molar refractivity (Wildman–Crippen MR) is 88.5 cm³/mol. The number of nitrogens with one attached hydrogen (secondary N) is 1. The quantitative estimate of drug-likeness (QED) is 0.840.